The van der Waals surface area contributed by atoms with Crippen molar-refractivity contribution < 1.29 is 29.0 Å². The second kappa shape index (κ2) is 8.88. The van der Waals surface area contributed by atoms with Crippen molar-refractivity contribution in [2.75, 3.05) is 0 Å². The summed E-state index contributed by atoms with van der Waals surface area (Å²) < 4.78 is 10.6. The zero-order valence-electron chi connectivity index (χ0n) is 16.8. The molecule has 0 fully saturated rings. The molecule has 150 valence electrons. The Morgan fingerprint density at radius 2 is 1.56 bits per heavy atom. The van der Waals surface area contributed by atoms with E-state index >= 15 is 0 Å². The average molecular weight is 379 g/mol. The number of carboxylic acids is 1. The summed E-state index contributed by atoms with van der Waals surface area (Å²) in [5.41, 5.74) is -0.723. The molecule has 0 spiro atoms. The van der Waals surface area contributed by atoms with Gasteiger partial charge in [-0.25, -0.2) is 9.59 Å². The van der Waals surface area contributed by atoms with Gasteiger partial charge in [-0.1, -0.05) is 18.2 Å². The second-order valence-corrected chi connectivity index (χ2v) is 8.30. The van der Waals surface area contributed by atoms with E-state index in [-0.39, 0.29) is 18.4 Å². The Balaban J connectivity index is 2.98. The van der Waals surface area contributed by atoms with E-state index in [1.54, 1.807) is 59.7 Å². The number of rotatable bonds is 6. The largest absolute Gasteiger partial charge is 0.478 e. The van der Waals surface area contributed by atoms with Gasteiger partial charge in [-0.2, -0.15) is 0 Å². The molecule has 0 aliphatic rings. The predicted molar refractivity (Wildman–Crippen MR) is 101 cm³/mol. The molecule has 2 N–H and O–H groups in total. The minimum absolute atomic E-state index is 0.107. The number of hydrogen-bond acceptors (Lipinski definition) is 5. The van der Waals surface area contributed by atoms with Crippen LogP contribution in [0.15, 0.2) is 24.3 Å². The van der Waals surface area contributed by atoms with Gasteiger partial charge in [0, 0.05) is 6.04 Å². The molecule has 0 aliphatic heterocycles. The van der Waals surface area contributed by atoms with Gasteiger partial charge in [0.15, 0.2) is 0 Å². The summed E-state index contributed by atoms with van der Waals surface area (Å²) in [6, 6.07) is 5.80. The Morgan fingerprint density at radius 3 is 2.07 bits per heavy atom. The van der Waals surface area contributed by atoms with E-state index in [0.717, 1.165) is 0 Å². The van der Waals surface area contributed by atoms with Crippen LogP contribution in [-0.4, -0.2) is 40.4 Å². The number of hydrogen-bond donors (Lipinski definition) is 2. The number of amides is 1. The molecular formula is C20H29NO6. The van der Waals surface area contributed by atoms with Gasteiger partial charge in [0.1, 0.15) is 11.2 Å². The smallest absolute Gasteiger partial charge is 0.407 e. The minimum Gasteiger partial charge on any atom is -0.478 e. The molecule has 0 radical (unpaired) electrons. The third kappa shape index (κ3) is 9.08. The monoisotopic (exact) mass is 379 g/mol. The lowest BCUT2D eigenvalue weighted by Crippen LogP contribution is -2.42. The Morgan fingerprint density at radius 1 is 1.00 bits per heavy atom. The first kappa shape index (κ1) is 22.5. The van der Waals surface area contributed by atoms with Crippen LogP contribution in [0.1, 0.15) is 63.9 Å². The number of alkyl carbamates (subject to hydrolysis) is 1. The van der Waals surface area contributed by atoms with Gasteiger partial charge >= 0.3 is 18.0 Å². The van der Waals surface area contributed by atoms with Crippen LogP contribution < -0.4 is 5.32 Å². The van der Waals surface area contributed by atoms with Crippen LogP contribution in [0, 0.1) is 0 Å². The predicted octanol–water partition coefficient (Wildman–Crippen LogP) is 3.55. The zero-order valence-corrected chi connectivity index (χ0v) is 16.8. The highest BCUT2D eigenvalue weighted by atomic mass is 16.6. The summed E-state index contributed by atoms with van der Waals surface area (Å²) in [5.74, 6) is -1.56. The molecule has 0 aromatic heterocycles. The van der Waals surface area contributed by atoms with Crippen LogP contribution >= 0.6 is 0 Å². The maximum Gasteiger partial charge on any atom is 0.407 e. The number of nitrogens with one attached hydrogen (secondary N) is 1. The van der Waals surface area contributed by atoms with Crippen LogP contribution in [-0.2, 0) is 20.7 Å². The molecule has 1 aromatic rings. The fourth-order valence-corrected chi connectivity index (χ4v) is 2.41. The first-order chi connectivity index (χ1) is 12.3. The zero-order chi connectivity index (χ0) is 20.8. The average Bonchev–Trinajstić information content (AvgIpc) is 2.42. The quantitative estimate of drug-likeness (QED) is 0.733. The lowest BCUT2D eigenvalue weighted by atomic mass is 9.98. The molecule has 1 unspecified atom stereocenters. The van der Waals surface area contributed by atoms with E-state index in [1.807, 2.05) is 0 Å². The van der Waals surface area contributed by atoms with Crippen LogP contribution in [0.3, 0.4) is 0 Å². The Kier molecular flexibility index (Phi) is 7.39. The summed E-state index contributed by atoms with van der Waals surface area (Å²) in [5, 5.41) is 12.0. The van der Waals surface area contributed by atoms with Crippen molar-refractivity contribution in [3.05, 3.63) is 35.4 Å². The second-order valence-electron chi connectivity index (χ2n) is 8.30. The first-order valence-corrected chi connectivity index (χ1v) is 8.79. The summed E-state index contributed by atoms with van der Waals surface area (Å²) in [6.45, 7) is 10.4. The number of aromatic carboxylic acids is 1. The Labute approximate surface area is 160 Å². The number of benzene rings is 1. The molecular weight excluding hydrogens is 350 g/mol. The van der Waals surface area contributed by atoms with Gasteiger partial charge in [0.25, 0.3) is 0 Å². The lowest BCUT2D eigenvalue weighted by molar-refractivity contribution is -0.155. The van der Waals surface area contributed by atoms with Crippen molar-refractivity contribution in [3.8, 4) is 0 Å². The van der Waals surface area contributed by atoms with E-state index in [0.29, 0.717) is 5.56 Å². The van der Waals surface area contributed by atoms with Gasteiger partial charge in [-0.05, 0) is 59.6 Å². The van der Waals surface area contributed by atoms with E-state index in [9.17, 15) is 19.5 Å². The lowest BCUT2D eigenvalue weighted by Gasteiger charge is -2.25. The number of carbonyl (C=O) groups excluding carboxylic acids is 2. The maximum atomic E-state index is 12.2. The van der Waals surface area contributed by atoms with Gasteiger partial charge in [-0.3, -0.25) is 4.79 Å². The molecule has 1 amide bonds. The van der Waals surface area contributed by atoms with Crippen molar-refractivity contribution in [2.45, 2.75) is 71.6 Å². The molecule has 1 aromatic carbocycles. The third-order valence-electron chi connectivity index (χ3n) is 3.27. The van der Waals surface area contributed by atoms with Gasteiger partial charge in [-0.15, -0.1) is 0 Å². The van der Waals surface area contributed by atoms with Gasteiger partial charge in [0.2, 0.25) is 0 Å². The summed E-state index contributed by atoms with van der Waals surface area (Å²) in [4.78, 5) is 35.8. The van der Waals surface area contributed by atoms with E-state index in [4.69, 9.17) is 9.47 Å². The normalized spacial score (nSPS) is 12.8. The molecule has 1 rings (SSSR count). The summed E-state index contributed by atoms with van der Waals surface area (Å²) in [6.07, 6.45) is -0.630. The maximum absolute atomic E-state index is 12.2. The van der Waals surface area contributed by atoms with Gasteiger partial charge in [0.05, 0.1) is 12.0 Å². The molecule has 0 aliphatic carbocycles. The van der Waals surface area contributed by atoms with Crippen molar-refractivity contribution in [1.82, 2.24) is 5.32 Å². The fourth-order valence-electron chi connectivity index (χ4n) is 2.41. The topological polar surface area (TPSA) is 102 Å². The van der Waals surface area contributed by atoms with E-state index in [2.05, 4.69) is 5.32 Å². The third-order valence-corrected chi connectivity index (χ3v) is 3.27. The number of esters is 1. The highest BCUT2D eigenvalue weighted by Crippen LogP contribution is 2.16. The minimum atomic E-state index is -1.07. The Hall–Kier alpha value is -2.57. The molecule has 27 heavy (non-hydrogen) atoms. The molecule has 0 saturated heterocycles. The van der Waals surface area contributed by atoms with Crippen molar-refractivity contribution in [3.63, 3.8) is 0 Å². The van der Waals surface area contributed by atoms with Crippen LogP contribution in [0.25, 0.3) is 0 Å². The van der Waals surface area contributed by atoms with Crippen molar-refractivity contribution in [1.29, 1.82) is 0 Å². The summed E-state index contributed by atoms with van der Waals surface area (Å²) >= 11 is 0. The number of carboxylic acid groups (broad SMARTS) is 1. The highest BCUT2D eigenvalue weighted by molar-refractivity contribution is 5.89. The molecule has 0 saturated carbocycles. The van der Waals surface area contributed by atoms with Crippen LogP contribution in [0.2, 0.25) is 0 Å². The SMILES string of the molecule is CC(C)(C)OC(=O)CC(Cc1ccccc1C(=O)O)NC(=O)OC(C)(C)C. The molecule has 0 heterocycles. The van der Waals surface area contributed by atoms with Gasteiger partial charge < -0.3 is 19.9 Å². The molecule has 7 nitrogen and oxygen atoms in total. The molecule has 7 heteroatoms. The van der Waals surface area contributed by atoms with E-state index < -0.39 is 35.3 Å². The first-order valence-electron chi connectivity index (χ1n) is 8.79. The Bertz CT molecular complexity index is 654. The van der Waals surface area contributed by atoms with E-state index in [1.165, 1.54) is 6.07 Å². The number of ether oxygens (including phenoxy) is 2. The standard InChI is InChI=1S/C20H29NO6/c1-19(2,3)26-16(22)12-14(21-18(25)27-20(4,5)6)11-13-9-7-8-10-15(13)17(23)24/h7-10,14H,11-12H2,1-6H3,(H,21,25)(H,23,24). The van der Waals surface area contributed by atoms with Crippen molar-refractivity contribution in [2.24, 2.45) is 0 Å². The highest BCUT2D eigenvalue weighted by Gasteiger charge is 2.25. The molecule has 1 atom stereocenters. The fraction of sp³-hybridized carbons (Fsp3) is 0.550. The summed E-state index contributed by atoms with van der Waals surface area (Å²) in [7, 11) is 0. The van der Waals surface area contributed by atoms with Crippen LogP contribution in [0.4, 0.5) is 4.79 Å². The number of carbonyl (C=O) groups is 3. The molecule has 0 bridgehead atoms. The van der Waals surface area contributed by atoms with Crippen LogP contribution in [0.5, 0.6) is 0 Å². The van der Waals surface area contributed by atoms with Crippen molar-refractivity contribution >= 4 is 18.0 Å².